The first kappa shape index (κ1) is 9.08. The molecular formula is C8H13NO. The average molecular weight is 139 g/mol. The van der Waals surface area contributed by atoms with Gasteiger partial charge in [0.1, 0.15) is 0 Å². The third-order valence-electron chi connectivity index (χ3n) is 1.28. The van der Waals surface area contributed by atoms with E-state index >= 15 is 0 Å². The fourth-order valence-electron chi connectivity index (χ4n) is 0.630. The first-order chi connectivity index (χ1) is 4.63. The predicted molar refractivity (Wildman–Crippen MR) is 42.4 cm³/mol. The molecular weight excluding hydrogens is 126 g/mol. The number of hydrogen-bond donors (Lipinski definition) is 1. The molecule has 0 saturated heterocycles. The molecule has 0 fully saturated rings. The number of allylic oxidation sites excluding steroid dienone is 2. The lowest BCUT2D eigenvalue weighted by molar-refractivity contribution is -0.117. The van der Waals surface area contributed by atoms with E-state index in [4.69, 9.17) is 5.41 Å². The van der Waals surface area contributed by atoms with Crippen molar-refractivity contribution >= 4 is 12.0 Å². The maximum absolute atomic E-state index is 11.1. The summed E-state index contributed by atoms with van der Waals surface area (Å²) in [6, 6.07) is 0. The monoisotopic (exact) mass is 139 g/mol. The van der Waals surface area contributed by atoms with Crippen molar-refractivity contribution in [2.75, 3.05) is 0 Å². The number of nitrogens with one attached hydrogen (secondary N) is 1. The van der Waals surface area contributed by atoms with Crippen LogP contribution in [0.3, 0.4) is 0 Å². The number of hydrogen-bond acceptors (Lipinski definition) is 2. The Bertz CT molecular complexity index is 168. The molecule has 0 spiro atoms. The molecule has 0 aliphatic rings. The van der Waals surface area contributed by atoms with E-state index in [1.165, 1.54) is 0 Å². The summed E-state index contributed by atoms with van der Waals surface area (Å²) < 4.78 is 0. The SMILES string of the molecule is C/C=C(/C=N)C(=O)C(C)C. The second-order valence-electron chi connectivity index (χ2n) is 2.41. The second-order valence-corrected chi connectivity index (χ2v) is 2.41. The van der Waals surface area contributed by atoms with Gasteiger partial charge in [0.2, 0.25) is 0 Å². The average Bonchev–Trinajstić information content (AvgIpc) is 1.90. The molecule has 0 aromatic heterocycles. The summed E-state index contributed by atoms with van der Waals surface area (Å²) in [4.78, 5) is 11.1. The molecule has 0 aliphatic heterocycles. The topological polar surface area (TPSA) is 40.9 Å². The molecule has 0 radical (unpaired) electrons. The first-order valence-corrected chi connectivity index (χ1v) is 3.34. The van der Waals surface area contributed by atoms with Crippen LogP contribution in [0.2, 0.25) is 0 Å². The summed E-state index contributed by atoms with van der Waals surface area (Å²) in [5, 5.41) is 6.87. The zero-order valence-corrected chi connectivity index (χ0v) is 6.64. The third kappa shape index (κ3) is 2.13. The van der Waals surface area contributed by atoms with E-state index in [1.807, 2.05) is 13.8 Å². The normalized spacial score (nSPS) is 11.8. The van der Waals surface area contributed by atoms with E-state index in [2.05, 4.69) is 0 Å². The minimum absolute atomic E-state index is 0.00667. The van der Waals surface area contributed by atoms with E-state index in [0.717, 1.165) is 6.21 Å². The lowest BCUT2D eigenvalue weighted by Gasteiger charge is -2.01. The molecule has 0 unspecified atom stereocenters. The minimum atomic E-state index is -0.00667. The van der Waals surface area contributed by atoms with E-state index in [9.17, 15) is 4.79 Å². The number of rotatable bonds is 3. The van der Waals surface area contributed by atoms with Crippen LogP contribution in [-0.2, 0) is 4.79 Å². The summed E-state index contributed by atoms with van der Waals surface area (Å²) in [6.07, 6.45) is 2.76. The Morgan fingerprint density at radius 2 is 2.00 bits per heavy atom. The molecule has 1 N–H and O–H groups in total. The van der Waals surface area contributed by atoms with Crippen LogP contribution in [0.1, 0.15) is 20.8 Å². The molecule has 0 atom stereocenters. The van der Waals surface area contributed by atoms with Crippen LogP contribution in [0.5, 0.6) is 0 Å². The lowest BCUT2D eigenvalue weighted by atomic mass is 10.0. The molecule has 56 valence electrons. The van der Waals surface area contributed by atoms with E-state index in [0.29, 0.717) is 5.57 Å². The van der Waals surface area contributed by atoms with Crippen LogP contribution in [0.25, 0.3) is 0 Å². The van der Waals surface area contributed by atoms with Crippen molar-refractivity contribution in [1.82, 2.24) is 0 Å². The Kier molecular flexibility index (Phi) is 3.62. The van der Waals surface area contributed by atoms with Gasteiger partial charge in [-0.15, -0.1) is 0 Å². The highest BCUT2D eigenvalue weighted by atomic mass is 16.1. The lowest BCUT2D eigenvalue weighted by Crippen LogP contribution is -2.10. The van der Waals surface area contributed by atoms with E-state index < -0.39 is 0 Å². The van der Waals surface area contributed by atoms with E-state index in [-0.39, 0.29) is 11.7 Å². The number of Topliss-reactive ketones (excluding diaryl/α,β-unsaturated/α-hetero) is 1. The van der Waals surface area contributed by atoms with Gasteiger partial charge >= 0.3 is 0 Å². The highest BCUT2D eigenvalue weighted by molar-refractivity contribution is 6.13. The second kappa shape index (κ2) is 3.99. The van der Waals surface area contributed by atoms with Crippen LogP contribution in [0, 0.1) is 11.3 Å². The zero-order valence-electron chi connectivity index (χ0n) is 6.64. The Labute approximate surface area is 61.5 Å². The van der Waals surface area contributed by atoms with Crippen LogP contribution < -0.4 is 0 Å². The van der Waals surface area contributed by atoms with Crippen molar-refractivity contribution in [2.45, 2.75) is 20.8 Å². The molecule has 0 aliphatic carbocycles. The summed E-state index contributed by atoms with van der Waals surface area (Å²) >= 11 is 0. The van der Waals surface area contributed by atoms with Gasteiger partial charge in [0, 0.05) is 17.7 Å². The highest BCUT2D eigenvalue weighted by Crippen LogP contribution is 2.02. The summed E-state index contributed by atoms with van der Waals surface area (Å²) in [5.41, 5.74) is 0.495. The smallest absolute Gasteiger partial charge is 0.166 e. The summed E-state index contributed by atoms with van der Waals surface area (Å²) in [5.74, 6) is 0.0327. The molecule has 0 aromatic carbocycles. The molecule has 10 heavy (non-hydrogen) atoms. The predicted octanol–water partition coefficient (Wildman–Crippen LogP) is 1.81. The number of ketones is 1. The minimum Gasteiger partial charge on any atom is -0.308 e. The summed E-state index contributed by atoms with van der Waals surface area (Å²) in [7, 11) is 0. The van der Waals surface area contributed by atoms with Crippen molar-refractivity contribution in [3.63, 3.8) is 0 Å². The highest BCUT2D eigenvalue weighted by Gasteiger charge is 2.09. The van der Waals surface area contributed by atoms with Crippen molar-refractivity contribution in [2.24, 2.45) is 5.92 Å². The quantitative estimate of drug-likeness (QED) is 0.470. The fourth-order valence-corrected chi connectivity index (χ4v) is 0.630. The largest absolute Gasteiger partial charge is 0.308 e. The van der Waals surface area contributed by atoms with Gasteiger partial charge in [0.15, 0.2) is 5.78 Å². The molecule has 0 saturated carbocycles. The van der Waals surface area contributed by atoms with Gasteiger partial charge in [0.25, 0.3) is 0 Å². The molecule has 0 heterocycles. The summed E-state index contributed by atoms with van der Waals surface area (Å²) in [6.45, 7) is 5.42. The number of carbonyl (C=O) groups is 1. The molecule has 0 rings (SSSR count). The van der Waals surface area contributed by atoms with Gasteiger partial charge in [-0.05, 0) is 6.92 Å². The standard InChI is InChI=1S/C8H13NO/c1-4-7(5-9)8(10)6(2)3/h4-6,9H,1-3H3/b7-4-,9-5?. The molecule has 2 heteroatoms. The van der Waals surface area contributed by atoms with Crippen LogP contribution >= 0.6 is 0 Å². The van der Waals surface area contributed by atoms with Crippen molar-refractivity contribution in [3.05, 3.63) is 11.6 Å². The Hall–Kier alpha value is -0.920. The van der Waals surface area contributed by atoms with Crippen LogP contribution in [-0.4, -0.2) is 12.0 Å². The van der Waals surface area contributed by atoms with Crippen LogP contribution in [0.4, 0.5) is 0 Å². The van der Waals surface area contributed by atoms with Crippen LogP contribution in [0.15, 0.2) is 11.6 Å². The van der Waals surface area contributed by atoms with Crippen molar-refractivity contribution in [3.8, 4) is 0 Å². The van der Waals surface area contributed by atoms with Crippen molar-refractivity contribution < 1.29 is 4.79 Å². The van der Waals surface area contributed by atoms with Gasteiger partial charge in [-0.25, -0.2) is 0 Å². The third-order valence-corrected chi connectivity index (χ3v) is 1.28. The zero-order chi connectivity index (χ0) is 8.15. The molecule has 0 bridgehead atoms. The van der Waals surface area contributed by atoms with Gasteiger partial charge in [-0.2, -0.15) is 0 Å². The van der Waals surface area contributed by atoms with Gasteiger partial charge < -0.3 is 5.41 Å². The fraction of sp³-hybridized carbons (Fsp3) is 0.500. The van der Waals surface area contributed by atoms with Gasteiger partial charge in [0.05, 0.1) is 0 Å². The van der Waals surface area contributed by atoms with E-state index in [1.54, 1.807) is 13.0 Å². The molecule has 2 nitrogen and oxygen atoms in total. The number of carbonyl (C=O) groups excluding carboxylic acids is 1. The van der Waals surface area contributed by atoms with Crippen molar-refractivity contribution in [1.29, 1.82) is 5.41 Å². The Balaban J connectivity index is 4.32. The first-order valence-electron chi connectivity index (χ1n) is 3.34. The Morgan fingerprint density at radius 1 is 1.50 bits per heavy atom. The maximum atomic E-state index is 11.1. The Morgan fingerprint density at radius 3 is 2.10 bits per heavy atom. The molecule has 0 amide bonds. The maximum Gasteiger partial charge on any atom is 0.166 e. The molecule has 0 aromatic rings. The van der Waals surface area contributed by atoms with Gasteiger partial charge in [-0.1, -0.05) is 19.9 Å². The van der Waals surface area contributed by atoms with Gasteiger partial charge in [-0.3, -0.25) is 4.79 Å².